The molecule has 0 fully saturated rings. The van der Waals surface area contributed by atoms with E-state index < -0.39 is 0 Å². The molecule has 2 nitrogen and oxygen atoms in total. The number of hydrogen-bond acceptors (Lipinski definition) is 2. The van der Waals surface area contributed by atoms with Gasteiger partial charge in [0.2, 0.25) is 0 Å². The van der Waals surface area contributed by atoms with Gasteiger partial charge in [-0.05, 0) is 70.7 Å². The van der Waals surface area contributed by atoms with Crippen LogP contribution in [0.15, 0.2) is 46.9 Å². The van der Waals surface area contributed by atoms with Crippen LogP contribution in [-0.4, -0.2) is 13.2 Å². The number of rotatable bonds is 8. The Hall–Kier alpha value is -1.03. The molecule has 0 aliphatic carbocycles. The number of ether oxygens (including phenoxy) is 1. The molecule has 0 spiro atoms. The highest BCUT2D eigenvalue weighted by molar-refractivity contribution is 9.10. The van der Waals surface area contributed by atoms with Crippen molar-refractivity contribution in [2.75, 3.05) is 13.2 Å². The van der Waals surface area contributed by atoms with Crippen LogP contribution in [0.3, 0.4) is 0 Å². The van der Waals surface area contributed by atoms with Gasteiger partial charge in [0, 0.05) is 11.6 Å². The van der Waals surface area contributed by atoms with E-state index >= 15 is 0 Å². The lowest BCUT2D eigenvalue weighted by molar-refractivity contribution is 0.315. The summed E-state index contributed by atoms with van der Waals surface area (Å²) in [6.07, 6.45) is 2.01. The topological polar surface area (TPSA) is 21.3 Å². The first-order valence-corrected chi connectivity index (χ1v) is 8.72. The van der Waals surface area contributed by atoms with Crippen LogP contribution in [0.5, 0.6) is 5.75 Å². The monoisotopic (exact) mass is 381 g/mol. The van der Waals surface area contributed by atoms with Gasteiger partial charge in [0.05, 0.1) is 11.1 Å². The average Bonchev–Trinajstić information content (AvgIpc) is 2.52. The van der Waals surface area contributed by atoms with Crippen LogP contribution in [-0.2, 0) is 13.0 Å². The zero-order valence-corrected chi connectivity index (χ0v) is 15.1. The third kappa shape index (κ3) is 5.64. The lowest BCUT2D eigenvalue weighted by Gasteiger charge is -2.10. The fraction of sp³-hybridized carbons (Fsp3) is 0.333. The smallest absolute Gasteiger partial charge is 0.133 e. The van der Waals surface area contributed by atoms with E-state index in [9.17, 15) is 0 Å². The van der Waals surface area contributed by atoms with Gasteiger partial charge < -0.3 is 10.1 Å². The summed E-state index contributed by atoms with van der Waals surface area (Å²) >= 11 is 9.45. The summed E-state index contributed by atoms with van der Waals surface area (Å²) in [6, 6.07) is 14.2. The SMILES string of the molecule is CCCOc1ccc(CNCCc2ccc(Cl)cc2)cc1Br. The molecule has 0 heterocycles. The molecule has 0 amide bonds. The Morgan fingerprint density at radius 2 is 1.82 bits per heavy atom. The van der Waals surface area contributed by atoms with Gasteiger partial charge in [-0.25, -0.2) is 0 Å². The summed E-state index contributed by atoms with van der Waals surface area (Å²) in [7, 11) is 0. The molecule has 118 valence electrons. The molecular formula is C18H21BrClNO. The summed E-state index contributed by atoms with van der Waals surface area (Å²) < 4.78 is 6.67. The van der Waals surface area contributed by atoms with Crippen LogP contribution < -0.4 is 10.1 Å². The molecule has 2 aromatic rings. The highest BCUT2D eigenvalue weighted by Crippen LogP contribution is 2.26. The number of nitrogens with one attached hydrogen (secondary N) is 1. The Morgan fingerprint density at radius 3 is 2.50 bits per heavy atom. The van der Waals surface area contributed by atoms with E-state index in [2.05, 4.69) is 52.4 Å². The van der Waals surface area contributed by atoms with Crippen LogP contribution in [0, 0.1) is 0 Å². The molecule has 0 radical (unpaired) electrons. The highest BCUT2D eigenvalue weighted by Gasteiger charge is 2.02. The lowest BCUT2D eigenvalue weighted by Crippen LogP contribution is -2.16. The van der Waals surface area contributed by atoms with Crippen molar-refractivity contribution in [3.8, 4) is 5.75 Å². The van der Waals surface area contributed by atoms with Gasteiger partial charge in [-0.15, -0.1) is 0 Å². The van der Waals surface area contributed by atoms with E-state index in [0.717, 1.165) is 47.8 Å². The minimum absolute atomic E-state index is 0.747. The summed E-state index contributed by atoms with van der Waals surface area (Å²) in [4.78, 5) is 0. The third-order valence-electron chi connectivity index (χ3n) is 3.29. The highest BCUT2D eigenvalue weighted by atomic mass is 79.9. The fourth-order valence-corrected chi connectivity index (χ4v) is 2.77. The van der Waals surface area contributed by atoms with Crippen molar-refractivity contribution in [1.82, 2.24) is 5.32 Å². The van der Waals surface area contributed by atoms with Crippen LogP contribution in [0.1, 0.15) is 24.5 Å². The predicted molar refractivity (Wildman–Crippen MR) is 96.8 cm³/mol. The normalized spacial score (nSPS) is 10.7. The Labute approximate surface area is 146 Å². The Morgan fingerprint density at radius 1 is 1.09 bits per heavy atom. The minimum atomic E-state index is 0.747. The molecule has 22 heavy (non-hydrogen) atoms. The van der Waals surface area contributed by atoms with E-state index in [-0.39, 0.29) is 0 Å². The molecule has 2 rings (SSSR count). The summed E-state index contributed by atoms with van der Waals surface area (Å²) in [6.45, 7) is 4.64. The van der Waals surface area contributed by atoms with Gasteiger partial charge >= 0.3 is 0 Å². The van der Waals surface area contributed by atoms with Crippen LogP contribution in [0.25, 0.3) is 0 Å². The minimum Gasteiger partial charge on any atom is -0.492 e. The molecule has 0 aromatic heterocycles. The van der Waals surface area contributed by atoms with Gasteiger partial charge in [-0.1, -0.05) is 36.7 Å². The van der Waals surface area contributed by atoms with E-state index in [1.165, 1.54) is 11.1 Å². The third-order valence-corrected chi connectivity index (χ3v) is 4.16. The second kappa shape index (κ2) is 9.19. The van der Waals surface area contributed by atoms with Crippen molar-refractivity contribution >= 4 is 27.5 Å². The molecule has 2 aromatic carbocycles. The number of benzene rings is 2. The van der Waals surface area contributed by atoms with Gasteiger partial charge in [-0.2, -0.15) is 0 Å². The van der Waals surface area contributed by atoms with Crippen molar-refractivity contribution in [2.45, 2.75) is 26.3 Å². The summed E-state index contributed by atoms with van der Waals surface area (Å²) in [5, 5.41) is 4.24. The first-order chi connectivity index (χ1) is 10.7. The molecule has 0 saturated heterocycles. The van der Waals surface area contributed by atoms with Crippen molar-refractivity contribution < 1.29 is 4.74 Å². The Kier molecular flexibility index (Phi) is 7.23. The molecule has 0 unspecified atom stereocenters. The van der Waals surface area contributed by atoms with Crippen LogP contribution >= 0.6 is 27.5 Å². The zero-order valence-electron chi connectivity index (χ0n) is 12.7. The van der Waals surface area contributed by atoms with E-state index in [0.29, 0.717) is 0 Å². The predicted octanol–water partition coefficient (Wildman–Crippen LogP) is 5.22. The standard InChI is InChI=1S/C18H21BrClNO/c1-2-11-22-18-8-5-15(12-17(18)19)13-21-10-9-14-3-6-16(20)7-4-14/h3-8,12,21H,2,9-11,13H2,1H3. The summed E-state index contributed by atoms with van der Waals surface area (Å²) in [5.74, 6) is 0.909. The number of hydrogen-bond donors (Lipinski definition) is 1. The molecule has 0 atom stereocenters. The van der Waals surface area contributed by atoms with Crippen LogP contribution in [0.4, 0.5) is 0 Å². The lowest BCUT2D eigenvalue weighted by atomic mass is 10.1. The van der Waals surface area contributed by atoms with Gasteiger partial charge in [0.15, 0.2) is 0 Å². The maximum atomic E-state index is 5.88. The second-order valence-corrected chi connectivity index (χ2v) is 6.46. The molecule has 0 aliphatic heterocycles. The maximum absolute atomic E-state index is 5.88. The molecule has 0 aliphatic rings. The van der Waals surface area contributed by atoms with Gasteiger partial charge in [-0.3, -0.25) is 0 Å². The zero-order chi connectivity index (χ0) is 15.8. The average molecular weight is 383 g/mol. The van der Waals surface area contributed by atoms with E-state index in [1.807, 2.05) is 18.2 Å². The Bertz CT molecular complexity index is 586. The molecule has 1 N–H and O–H groups in total. The molecular weight excluding hydrogens is 362 g/mol. The van der Waals surface area contributed by atoms with Crippen molar-refractivity contribution in [1.29, 1.82) is 0 Å². The number of halogens is 2. The van der Waals surface area contributed by atoms with Crippen molar-refractivity contribution in [3.63, 3.8) is 0 Å². The van der Waals surface area contributed by atoms with Crippen molar-refractivity contribution in [3.05, 3.63) is 63.1 Å². The van der Waals surface area contributed by atoms with Gasteiger partial charge in [0.1, 0.15) is 5.75 Å². The van der Waals surface area contributed by atoms with Crippen LogP contribution in [0.2, 0.25) is 5.02 Å². The molecule has 0 saturated carbocycles. The second-order valence-electron chi connectivity index (χ2n) is 5.17. The molecule has 4 heteroatoms. The first kappa shape index (κ1) is 17.3. The Balaban J connectivity index is 1.77. The van der Waals surface area contributed by atoms with E-state index in [1.54, 1.807) is 0 Å². The van der Waals surface area contributed by atoms with Gasteiger partial charge in [0.25, 0.3) is 0 Å². The maximum Gasteiger partial charge on any atom is 0.133 e. The van der Waals surface area contributed by atoms with E-state index in [4.69, 9.17) is 16.3 Å². The first-order valence-electron chi connectivity index (χ1n) is 7.55. The largest absolute Gasteiger partial charge is 0.492 e. The summed E-state index contributed by atoms with van der Waals surface area (Å²) in [5.41, 5.74) is 2.54. The van der Waals surface area contributed by atoms with Crippen molar-refractivity contribution in [2.24, 2.45) is 0 Å². The molecule has 0 bridgehead atoms. The fourth-order valence-electron chi connectivity index (χ4n) is 2.10. The quantitative estimate of drug-likeness (QED) is 0.632.